The molecule has 2 rings (SSSR count). The molecule has 0 radical (unpaired) electrons. The van der Waals surface area contributed by atoms with Gasteiger partial charge in [0, 0.05) is 5.92 Å². The van der Waals surface area contributed by atoms with E-state index in [1.165, 1.54) is 0 Å². The molecule has 0 aromatic rings. The highest BCUT2D eigenvalue weighted by atomic mass is 16.7. The summed E-state index contributed by atoms with van der Waals surface area (Å²) < 4.78 is 17.2. The summed E-state index contributed by atoms with van der Waals surface area (Å²) in [5, 5.41) is 9.84. The Morgan fingerprint density at radius 3 is 2.62 bits per heavy atom. The molecule has 140 valence electrons. The lowest BCUT2D eigenvalue weighted by Crippen LogP contribution is -2.44. The maximum absolute atomic E-state index is 12.0. The van der Waals surface area contributed by atoms with Crippen molar-refractivity contribution in [3.63, 3.8) is 0 Å². The van der Waals surface area contributed by atoms with Gasteiger partial charge in [0.25, 0.3) is 0 Å². The first-order valence-electron chi connectivity index (χ1n) is 9.32. The first kappa shape index (κ1) is 19.7. The number of hydrogen-bond donors (Lipinski definition) is 1. The molecule has 1 saturated carbocycles. The Balaban J connectivity index is 1.74. The lowest BCUT2D eigenvalue weighted by atomic mass is 9.96. The maximum atomic E-state index is 12.0. The highest BCUT2D eigenvalue weighted by molar-refractivity contribution is 5.76. The van der Waals surface area contributed by atoms with Gasteiger partial charge in [0.1, 0.15) is 0 Å². The van der Waals surface area contributed by atoms with Gasteiger partial charge in [0.2, 0.25) is 0 Å². The fourth-order valence-corrected chi connectivity index (χ4v) is 3.48. The summed E-state index contributed by atoms with van der Waals surface area (Å²) in [6.45, 7) is 11.9. The lowest BCUT2D eigenvalue weighted by Gasteiger charge is -2.37. The third kappa shape index (κ3) is 4.93. The monoisotopic (exact) mass is 342 g/mol. The zero-order valence-corrected chi connectivity index (χ0v) is 16.0. The molecule has 1 saturated heterocycles. The molecule has 0 bridgehead atoms. The predicted octanol–water partition coefficient (Wildman–Crippen LogP) is 3.28. The van der Waals surface area contributed by atoms with E-state index in [1.54, 1.807) is 0 Å². The molecule has 5 nitrogen and oxygen atoms in total. The molecule has 1 aliphatic carbocycles. The van der Waals surface area contributed by atoms with Crippen molar-refractivity contribution in [1.82, 2.24) is 0 Å². The van der Waals surface area contributed by atoms with Crippen molar-refractivity contribution < 1.29 is 24.1 Å². The van der Waals surface area contributed by atoms with Gasteiger partial charge in [-0.2, -0.15) is 0 Å². The minimum atomic E-state index is -0.409. The molecule has 2 fully saturated rings. The first-order valence-corrected chi connectivity index (χ1v) is 9.32. The summed E-state index contributed by atoms with van der Waals surface area (Å²) in [6, 6.07) is 0. The zero-order chi connectivity index (χ0) is 18.1. The number of carbonyl (C=O) groups is 1. The number of hydrogen-bond acceptors (Lipinski definition) is 5. The second-order valence-electron chi connectivity index (χ2n) is 8.37. The van der Waals surface area contributed by atoms with Crippen LogP contribution in [0.15, 0.2) is 0 Å². The standard InChI is InChI=1S/C19H34O5/c1-11(2)22-17(21)15-10-19(15,6)8-7-13(4)23-18-12(3)9-16(20)14(5)24-18/h11-16,18,20H,7-10H2,1-6H3/t12-,13-,14+,15+,16?,18?,19?/m1/s1. The lowest BCUT2D eigenvalue weighted by molar-refractivity contribution is -0.255. The Kier molecular flexibility index (Phi) is 6.32. The van der Waals surface area contributed by atoms with Crippen LogP contribution in [0.2, 0.25) is 0 Å². The second kappa shape index (κ2) is 7.71. The average molecular weight is 342 g/mol. The molecule has 24 heavy (non-hydrogen) atoms. The third-order valence-electron chi connectivity index (χ3n) is 5.44. The molecule has 1 heterocycles. The summed E-state index contributed by atoms with van der Waals surface area (Å²) in [5.41, 5.74) is 0.0477. The minimum absolute atomic E-state index is 0.0344. The SMILES string of the molecule is CC(C)OC(=O)[C@@H]1CC1(C)CC[C@@H](C)OC1O[C@@H](C)C(O)C[C@H]1C. The summed E-state index contributed by atoms with van der Waals surface area (Å²) in [4.78, 5) is 12.0. The van der Waals surface area contributed by atoms with Gasteiger partial charge in [0.15, 0.2) is 6.29 Å². The molecule has 5 heteroatoms. The summed E-state index contributed by atoms with van der Waals surface area (Å²) in [7, 11) is 0. The topological polar surface area (TPSA) is 65.0 Å². The number of aliphatic hydroxyl groups is 1. The van der Waals surface area contributed by atoms with E-state index in [1.807, 2.05) is 27.7 Å². The van der Waals surface area contributed by atoms with Crippen LogP contribution in [0.25, 0.3) is 0 Å². The normalized spacial score (nSPS) is 40.4. The van der Waals surface area contributed by atoms with Gasteiger partial charge in [-0.1, -0.05) is 13.8 Å². The second-order valence-corrected chi connectivity index (χ2v) is 8.37. The van der Waals surface area contributed by atoms with E-state index in [4.69, 9.17) is 14.2 Å². The van der Waals surface area contributed by atoms with Gasteiger partial charge in [0.05, 0.1) is 30.3 Å². The van der Waals surface area contributed by atoms with Crippen molar-refractivity contribution in [3.05, 3.63) is 0 Å². The quantitative estimate of drug-likeness (QED) is 0.719. The van der Waals surface area contributed by atoms with Gasteiger partial charge in [-0.3, -0.25) is 4.79 Å². The number of rotatable bonds is 7. The van der Waals surface area contributed by atoms with E-state index in [9.17, 15) is 9.90 Å². The molecule has 0 spiro atoms. The van der Waals surface area contributed by atoms with E-state index < -0.39 is 6.10 Å². The number of ether oxygens (including phenoxy) is 3. The Bertz CT molecular complexity index is 437. The van der Waals surface area contributed by atoms with E-state index in [0.717, 1.165) is 19.3 Å². The van der Waals surface area contributed by atoms with E-state index in [0.29, 0.717) is 6.42 Å². The smallest absolute Gasteiger partial charge is 0.309 e. The van der Waals surface area contributed by atoms with Crippen LogP contribution in [0, 0.1) is 17.3 Å². The van der Waals surface area contributed by atoms with Crippen LogP contribution in [-0.2, 0) is 19.0 Å². The Morgan fingerprint density at radius 1 is 1.33 bits per heavy atom. The molecule has 1 N–H and O–H groups in total. The molecule has 7 atom stereocenters. The molecule has 0 aromatic carbocycles. The van der Waals surface area contributed by atoms with Crippen LogP contribution < -0.4 is 0 Å². The van der Waals surface area contributed by atoms with E-state index in [-0.39, 0.29) is 47.8 Å². The molecule has 0 amide bonds. The van der Waals surface area contributed by atoms with Crippen molar-refractivity contribution in [2.75, 3.05) is 0 Å². The van der Waals surface area contributed by atoms with Crippen molar-refractivity contribution in [1.29, 1.82) is 0 Å². The van der Waals surface area contributed by atoms with E-state index >= 15 is 0 Å². The van der Waals surface area contributed by atoms with Crippen LogP contribution in [0.1, 0.15) is 67.2 Å². The van der Waals surface area contributed by atoms with E-state index in [2.05, 4.69) is 13.8 Å². The molecule has 3 unspecified atom stereocenters. The van der Waals surface area contributed by atoms with Crippen LogP contribution in [0.4, 0.5) is 0 Å². The fourth-order valence-electron chi connectivity index (χ4n) is 3.48. The van der Waals surface area contributed by atoms with Gasteiger partial charge >= 0.3 is 5.97 Å². The van der Waals surface area contributed by atoms with Crippen molar-refractivity contribution in [3.8, 4) is 0 Å². The van der Waals surface area contributed by atoms with Gasteiger partial charge in [-0.25, -0.2) is 0 Å². The Hall–Kier alpha value is -0.650. The molecular weight excluding hydrogens is 308 g/mol. The Morgan fingerprint density at radius 2 is 2.00 bits per heavy atom. The summed E-state index contributed by atoms with van der Waals surface area (Å²) in [5.74, 6) is 0.157. The zero-order valence-electron chi connectivity index (χ0n) is 16.0. The predicted molar refractivity (Wildman–Crippen MR) is 91.3 cm³/mol. The minimum Gasteiger partial charge on any atom is -0.463 e. The molecule has 1 aliphatic heterocycles. The van der Waals surface area contributed by atoms with Gasteiger partial charge in [-0.15, -0.1) is 0 Å². The molecule has 0 aromatic heterocycles. The van der Waals surface area contributed by atoms with Crippen molar-refractivity contribution in [2.45, 2.75) is 97.9 Å². The van der Waals surface area contributed by atoms with Crippen LogP contribution in [-0.4, -0.2) is 41.8 Å². The van der Waals surface area contributed by atoms with Crippen molar-refractivity contribution in [2.24, 2.45) is 17.3 Å². The third-order valence-corrected chi connectivity index (χ3v) is 5.44. The molecular formula is C19H34O5. The molecule has 2 aliphatic rings. The van der Waals surface area contributed by atoms with Gasteiger partial charge < -0.3 is 19.3 Å². The highest BCUT2D eigenvalue weighted by Crippen LogP contribution is 2.56. The Labute approximate surface area is 146 Å². The summed E-state index contributed by atoms with van der Waals surface area (Å²) >= 11 is 0. The van der Waals surface area contributed by atoms with Crippen LogP contribution in [0.5, 0.6) is 0 Å². The largest absolute Gasteiger partial charge is 0.463 e. The number of esters is 1. The van der Waals surface area contributed by atoms with Crippen LogP contribution in [0.3, 0.4) is 0 Å². The average Bonchev–Trinajstić information content (AvgIpc) is 3.15. The highest BCUT2D eigenvalue weighted by Gasteiger charge is 2.55. The number of carbonyl (C=O) groups excluding carboxylic acids is 1. The van der Waals surface area contributed by atoms with Crippen LogP contribution >= 0.6 is 0 Å². The first-order chi connectivity index (χ1) is 11.1. The van der Waals surface area contributed by atoms with Gasteiger partial charge in [-0.05, 0) is 58.8 Å². The maximum Gasteiger partial charge on any atom is 0.309 e. The van der Waals surface area contributed by atoms with Crippen molar-refractivity contribution >= 4 is 5.97 Å². The number of aliphatic hydroxyl groups excluding tert-OH is 1. The summed E-state index contributed by atoms with van der Waals surface area (Å²) in [6.07, 6.45) is 2.63. The fraction of sp³-hybridized carbons (Fsp3) is 0.947.